The minimum absolute atomic E-state index is 0. The lowest BCUT2D eigenvalue weighted by molar-refractivity contribution is -0.142. The summed E-state index contributed by atoms with van der Waals surface area (Å²) in [7, 11) is 3.06. The Balaban J connectivity index is 0.00000264. The smallest absolute Gasteiger partial charge is 0.320 e. The van der Waals surface area contributed by atoms with Gasteiger partial charge in [-0.15, -0.1) is 12.4 Å². The highest BCUT2D eigenvalue weighted by molar-refractivity contribution is 5.93. The average Bonchev–Trinajstić information content (AvgIpc) is 2.94. The van der Waals surface area contributed by atoms with Gasteiger partial charge in [0.25, 0.3) is 0 Å². The number of likely N-dealkylation sites (tertiary alicyclic amines) is 1. The molecule has 1 aliphatic rings. The molecule has 128 valence electrons. The third kappa shape index (κ3) is 5.01. The van der Waals surface area contributed by atoms with E-state index < -0.39 is 12.0 Å². The maximum atomic E-state index is 12.1. The van der Waals surface area contributed by atoms with Crippen molar-refractivity contribution in [3.05, 3.63) is 18.2 Å². The average molecular weight is 345 g/mol. The number of rotatable bonds is 6. The van der Waals surface area contributed by atoms with Crippen LogP contribution < -0.4 is 14.8 Å². The number of nitrogens with zero attached hydrogens (tertiary/aromatic N) is 1. The van der Waals surface area contributed by atoms with E-state index >= 15 is 0 Å². The number of carbonyl (C=O) groups excluding carboxylic acids is 1. The fraction of sp³-hybridized carbons (Fsp3) is 0.467. The Morgan fingerprint density at radius 2 is 1.87 bits per heavy atom. The van der Waals surface area contributed by atoms with Crippen molar-refractivity contribution < 1.29 is 24.2 Å². The van der Waals surface area contributed by atoms with Gasteiger partial charge in [-0.25, -0.2) is 0 Å². The van der Waals surface area contributed by atoms with Crippen molar-refractivity contribution in [1.82, 2.24) is 4.90 Å². The molecule has 1 amide bonds. The molecule has 0 saturated carbocycles. The minimum Gasteiger partial charge on any atom is -0.497 e. The Hall–Kier alpha value is -1.99. The Morgan fingerprint density at radius 1 is 1.26 bits per heavy atom. The van der Waals surface area contributed by atoms with Gasteiger partial charge in [0, 0.05) is 23.9 Å². The monoisotopic (exact) mass is 344 g/mol. The number of aliphatic carboxylic acids is 1. The van der Waals surface area contributed by atoms with Crippen LogP contribution in [0.2, 0.25) is 0 Å². The molecule has 7 nitrogen and oxygen atoms in total. The fourth-order valence-corrected chi connectivity index (χ4v) is 2.56. The number of methoxy groups -OCH3 is 2. The normalized spacial score (nSPS) is 17.2. The van der Waals surface area contributed by atoms with Gasteiger partial charge in [0.1, 0.15) is 17.5 Å². The Bertz CT molecular complexity index is 545. The first kappa shape index (κ1) is 19.1. The fourth-order valence-electron chi connectivity index (χ4n) is 2.56. The summed E-state index contributed by atoms with van der Waals surface area (Å²) in [6.07, 6.45) is 1.37. The van der Waals surface area contributed by atoms with Crippen molar-refractivity contribution in [2.24, 2.45) is 0 Å². The van der Waals surface area contributed by atoms with Gasteiger partial charge in [-0.3, -0.25) is 14.5 Å². The number of amides is 1. The van der Waals surface area contributed by atoms with Gasteiger partial charge in [-0.05, 0) is 19.4 Å². The minimum atomic E-state index is -0.881. The van der Waals surface area contributed by atoms with Crippen LogP contribution in [0.4, 0.5) is 5.69 Å². The Kier molecular flexibility index (Phi) is 7.12. The standard InChI is InChI=1S/C15H20N2O5.ClH/c1-21-11-6-10(7-12(8-11)22-2)16-14(18)9-17-5-3-4-13(17)15(19)20;/h6-8,13H,3-5,9H2,1-2H3,(H,16,18)(H,19,20);1H/t13-;/m0./s1. The number of ether oxygens (including phenoxy) is 2. The summed E-state index contributed by atoms with van der Waals surface area (Å²) in [5, 5.41) is 11.9. The second-order valence-corrected chi connectivity index (χ2v) is 5.12. The van der Waals surface area contributed by atoms with Crippen molar-refractivity contribution in [1.29, 1.82) is 0 Å². The number of carboxylic acid groups (broad SMARTS) is 1. The summed E-state index contributed by atoms with van der Waals surface area (Å²) in [6, 6.07) is 4.49. The first-order valence-electron chi connectivity index (χ1n) is 7.03. The number of carbonyl (C=O) groups is 2. The van der Waals surface area contributed by atoms with Gasteiger partial charge in [0.15, 0.2) is 0 Å². The van der Waals surface area contributed by atoms with Gasteiger partial charge >= 0.3 is 5.97 Å². The number of benzene rings is 1. The van der Waals surface area contributed by atoms with Crippen molar-refractivity contribution in [3.63, 3.8) is 0 Å². The third-order valence-corrected chi connectivity index (χ3v) is 3.63. The predicted octanol–water partition coefficient (Wildman–Crippen LogP) is 1.61. The van der Waals surface area contributed by atoms with Gasteiger partial charge in [0.2, 0.25) is 5.91 Å². The quantitative estimate of drug-likeness (QED) is 0.815. The summed E-state index contributed by atoms with van der Waals surface area (Å²) in [4.78, 5) is 24.9. The molecular weight excluding hydrogens is 324 g/mol. The van der Waals surface area contributed by atoms with Crippen molar-refractivity contribution in [3.8, 4) is 11.5 Å². The topological polar surface area (TPSA) is 88.1 Å². The molecule has 1 aromatic carbocycles. The zero-order chi connectivity index (χ0) is 16.1. The van der Waals surface area contributed by atoms with E-state index in [4.69, 9.17) is 14.6 Å². The van der Waals surface area contributed by atoms with Crippen LogP contribution in [0.5, 0.6) is 11.5 Å². The molecule has 0 aromatic heterocycles. The zero-order valence-electron chi connectivity index (χ0n) is 13.1. The highest BCUT2D eigenvalue weighted by Crippen LogP contribution is 2.26. The van der Waals surface area contributed by atoms with E-state index in [0.717, 1.165) is 6.42 Å². The van der Waals surface area contributed by atoms with Crippen LogP contribution in [0.1, 0.15) is 12.8 Å². The van der Waals surface area contributed by atoms with Crippen LogP contribution in [-0.4, -0.2) is 55.2 Å². The molecule has 0 unspecified atom stereocenters. The molecule has 0 spiro atoms. The molecular formula is C15H21ClN2O5. The maximum Gasteiger partial charge on any atom is 0.320 e. The molecule has 0 aliphatic carbocycles. The van der Waals surface area contributed by atoms with Gasteiger partial charge in [-0.2, -0.15) is 0 Å². The zero-order valence-corrected chi connectivity index (χ0v) is 13.9. The highest BCUT2D eigenvalue weighted by Gasteiger charge is 2.31. The van der Waals surface area contributed by atoms with Gasteiger partial charge < -0.3 is 19.9 Å². The molecule has 1 atom stereocenters. The molecule has 0 bridgehead atoms. The van der Waals surface area contributed by atoms with Crippen molar-refractivity contribution >= 4 is 30.0 Å². The molecule has 1 heterocycles. The van der Waals surface area contributed by atoms with E-state index in [9.17, 15) is 9.59 Å². The van der Waals surface area contributed by atoms with Crippen molar-refractivity contribution in [2.45, 2.75) is 18.9 Å². The van der Waals surface area contributed by atoms with Crippen LogP contribution in [0.15, 0.2) is 18.2 Å². The molecule has 1 aliphatic heterocycles. The summed E-state index contributed by atoms with van der Waals surface area (Å²) in [5.41, 5.74) is 0.548. The molecule has 8 heteroatoms. The SMILES string of the molecule is COc1cc(NC(=O)CN2CCC[C@H]2C(=O)O)cc(OC)c1.Cl. The second-order valence-electron chi connectivity index (χ2n) is 5.12. The van der Waals surface area contributed by atoms with Gasteiger partial charge in [-0.1, -0.05) is 0 Å². The van der Waals surface area contributed by atoms with Crippen LogP contribution >= 0.6 is 12.4 Å². The molecule has 1 fully saturated rings. The number of halogens is 1. The number of carboxylic acids is 1. The Morgan fingerprint density at radius 3 is 2.39 bits per heavy atom. The Labute approximate surface area is 141 Å². The van der Waals surface area contributed by atoms with E-state index in [0.29, 0.717) is 30.2 Å². The van der Waals surface area contributed by atoms with E-state index in [1.807, 2.05) is 0 Å². The maximum absolute atomic E-state index is 12.1. The molecule has 2 rings (SSSR count). The summed E-state index contributed by atoms with van der Waals surface area (Å²) >= 11 is 0. The molecule has 23 heavy (non-hydrogen) atoms. The molecule has 1 saturated heterocycles. The van der Waals surface area contributed by atoms with Crippen LogP contribution in [0.3, 0.4) is 0 Å². The first-order valence-corrected chi connectivity index (χ1v) is 7.03. The van der Waals surface area contributed by atoms with E-state index in [1.54, 1.807) is 23.1 Å². The number of nitrogens with one attached hydrogen (secondary N) is 1. The second kappa shape index (κ2) is 8.59. The van der Waals surface area contributed by atoms with Crippen LogP contribution in [-0.2, 0) is 9.59 Å². The highest BCUT2D eigenvalue weighted by atomic mass is 35.5. The molecule has 2 N–H and O–H groups in total. The first-order chi connectivity index (χ1) is 10.5. The van der Waals surface area contributed by atoms with Crippen molar-refractivity contribution in [2.75, 3.05) is 32.6 Å². The summed E-state index contributed by atoms with van der Waals surface area (Å²) in [6.45, 7) is 0.669. The lowest BCUT2D eigenvalue weighted by Crippen LogP contribution is -2.40. The largest absolute Gasteiger partial charge is 0.497 e. The molecule has 0 radical (unpaired) electrons. The van der Waals surface area contributed by atoms with E-state index in [1.165, 1.54) is 14.2 Å². The van der Waals surface area contributed by atoms with Gasteiger partial charge in [0.05, 0.1) is 20.8 Å². The van der Waals surface area contributed by atoms with E-state index in [2.05, 4.69) is 5.32 Å². The van der Waals surface area contributed by atoms with Crippen LogP contribution in [0.25, 0.3) is 0 Å². The predicted molar refractivity (Wildman–Crippen MR) is 87.7 cm³/mol. The third-order valence-electron chi connectivity index (χ3n) is 3.63. The van der Waals surface area contributed by atoms with E-state index in [-0.39, 0.29) is 24.9 Å². The summed E-state index contributed by atoms with van der Waals surface area (Å²) < 4.78 is 10.3. The molecule has 1 aromatic rings. The number of hydrogen-bond acceptors (Lipinski definition) is 5. The number of anilines is 1. The van der Waals surface area contributed by atoms with Crippen LogP contribution in [0, 0.1) is 0 Å². The lowest BCUT2D eigenvalue weighted by Gasteiger charge is -2.20. The summed E-state index contributed by atoms with van der Waals surface area (Å²) in [5.74, 6) is -0.00437. The number of hydrogen-bond donors (Lipinski definition) is 2. The lowest BCUT2D eigenvalue weighted by atomic mass is 10.2.